The maximum atomic E-state index is 11.3. The normalized spacial score (nSPS) is 31.8. The Morgan fingerprint density at radius 3 is 2.71 bits per heavy atom. The molecule has 112 valence electrons. The molecule has 4 atom stereocenters. The van der Waals surface area contributed by atoms with Gasteiger partial charge in [0, 0.05) is 14.0 Å². The van der Waals surface area contributed by atoms with Gasteiger partial charge in [0.25, 0.3) is 0 Å². The molecule has 3 rings (SSSR count). The van der Waals surface area contributed by atoms with E-state index in [1.54, 1.807) is 0 Å². The Kier molecular flexibility index (Phi) is 4.25. The largest absolute Gasteiger partial charge is 0.494 e. The first kappa shape index (κ1) is 14.5. The molecule has 1 aromatic rings. The quantitative estimate of drug-likeness (QED) is 0.581. The summed E-state index contributed by atoms with van der Waals surface area (Å²) in [6, 6.07) is 9.61. The number of carbonyl (C=O) groups excluding carboxylic acids is 1. The van der Waals surface area contributed by atoms with Crippen LogP contribution in [-0.4, -0.2) is 51.4 Å². The first-order chi connectivity index (χ1) is 10.2. The molecule has 21 heavy (non-hydrogen) atoms. The lowest BCUT2D eigenvalue weighted by Crippen LogP contribution is -2.66. The lowest BCUT2D eigenvalue weighted by Gasteiger charge is -2.46. The number of benzene rings is 1. The SMILES string of the molecule is CO[C@H]1OC[C@H]2OB(c3ccccc3)O[C@@H]1[C@@H]2OC(C)=O. The van der Waals surface area contributed by atoms with E-state index in [0.717, 1.165) is 5.46 Å². The number of esters is 1. The summed E-state index contributed by atoms with van der Waals surface area (Å²) >= 11 is 0. The molecule has 0 amide bonds. The summed E-state index contributed by atoms with van der Waals surface area (Å²) in [4.78, 5) is 11.3. The third-order valence-corrected chi connectivity index (χ3v) is 3.57. The van der Waals surface area contributed by atoms with Crippen LogP contribution in [0.5, 0.6) is 0 Å². The van der Waals surface area contributed by atoms with E-state index >= 15 is 0 Å². The van der Waals surface area contributed by atoms with Crippen molar-refractivity contribution in [1.29, 1.82) is 0 Å². The Morgan fingerprint density at radius 1 is 1.29 bits per heavy atom. The minimum absolute atomic E-state index is 0.291. The number of hydrogen-bond acceptors (Lipinski definition) is 6. The average Bonchev–Trinajstić information content (AvgIpc) is 2.48. The highest BCUT2D eigenvalue weighted by atomic mass is 16.7. The van der Waals surface area contributed by atoms with Gasteiger partial charge in [0.05, 0.1) is 6.61 Å². The van der Waals surface area contributed by atoms with E-state index in [4.69, 9.17) is 23.5 Å². The maximum Gasteiger partial charge on any atom is 0.494 e. The molecule has 7 heteroatoms. The van der Waals surface area contributed by atoms with Gasteiger partial charge < -0.3 is 23.5 Å². The molecule has 0 aromatic heterocycles. The van der Waals surface area contributed by atoms with E-state index in [1.165, 1.54) is 14.0 Å². The van der Waals surface area contributed by atoms with E-state index in [-0.39, 0.29) is 12.1 Å². The van der Waals surface area contributed by atoms with Crippen molar-refractivity contribution in [1.82, 2.24) is 0 Å². The molecule has 0 radical (unpaired) electrons. The number of ether oxygens (including phenoxy) is 3. The molecule has 2 saturated heterocycles. The molecule has 0 spiro atoms. The Hall–Kier alpha value is -1.41. The van der Waals surface area contributed by atoms with Crippen molar-refractivity contribution in [2.24, 2.45) is 0 Å². The van der Waals surface area contributed by atoms with Crippen LogP contribution in [0.1, 0.15) is 6.92 Å². The average molecular weight is 292 g/mol. The molecule has 2 aliphatic rings. The lowest BCUT2D eigenvalue weighted by molar-refractivity contribution is -0.277. The van der Waals surface area contributed by atoms with Crippen molar-refractivity contribution in [2.75, 3.05) is 13.7 Å². The van der Waals surface area contributed by atoms with Gasteiger partial charge in [-0.05, 0) is 5.46 Å². The minimum Gasteiger partial charge on any atom is -0.457 e. The second-order valence-corrected chi connectivity index (χ2v) is 5.03. The zero-order valence-corrected chi connectivity index (χ0v) is 11.9. The predicted octanol–water partition coefficient (Wildman–Crippen LogP) is 0.100. The summed E-state index contributed by atoms with van der Waals surface area (Å²) in [6.45, 7) is 1.65. The monoisotopic (exact) mass is 292 g/mol. The van der Waals surface area contributed by atoms with Crippen LogP contribution in [0.3, 0.4) is 0 Å². The van der Waals surface area contributed by atoms with Crippen molar-refractivity contribution in [3.05, 3.63) is 30.3 Å². The van der Waals surface area contributed by atoms with Gasteiger partial charge in [-0.1, -0.05) is 30.3 Å². The van der Waals surface area contributed by atoms with Gasteiger partial charge in [-0.25, -0.2) is 0 Å². The fourth-order valence-corrected chi connectivity index (χ4v) is 2.64. The molecule has 0 N–H and O–H groups in total. The number of methoxy groups -OCH3 is 1. The van der Waals surface area contributed by atoms with Gasteiger partial charge in [-0.15, -0.1) is 0 Å². The van der Waals surface area contributed by atoms with Gasteiger partial charge >= 0.3 is 13.1 Å². The van der Waals surface area contributed by atoms with Crippen molar-refractivity contribution >= 4 is 18.6 Å². The molecule has 6 nitrogen and oxygen atoms in total. The highest BCUT2D eigenvalue weighted by Gasteiger charge is 2.51. The van der Waals surface area contributed by atoms with Crippen molar-refractivity contribution in [2.45, 2.75) is 31.5 Å². The summed E-state index contributed by atoms with van der Waals surface area (Å²) in [6.07, 6.45) is -2.00. The number of fused-ring (bicyclic) bond motifs is 2. The smallest absolute Gasteiger partial charge is 0.457 e. The van der Waals surface area contributed by atoms with Gasteiger partial charge in [-0.3, -0.25) is 4.79 Å². The van der Waals surface area contributed by atoms with Gasteiger partial charge in [0.1, 0.15) is 12.2 Å². The van der Waals surface area contributed by atoms with E-state index in [1.807, 2.05) is 30.3 Å². The zero-order valence-electron chi connectivity index (χ0n) is 11.9. The van der Waals surface area contributed by atoms with E-state index in [0.29, 0.717) is 6.61 Å². The fourth-order valence-electron chi connectivity index (χ4n) is 2.64. The summed E-state index contributed by atoms with van der Waals surface area (Å²) in [5.41, 5.74) is 0.908. The molecule has 2 bridgehead atoms. The lowest BCUT2D eigenvalue weighted by atomic mass is 9.76. The van der Waals surface area contributed by atoms with Crippen LogP contribution in [-0.2, 0) is 28.3 Å². The van der Waals surface area contributed by atoms with Gasteiger partial charge in [-0.2, -0.15) is 0 Å². The highest BCUT2D eigenvalue weighted by Crippen LogP contribution is 2.29. The number of carbonyl (C=O) groups is 1. The van der Waals surface area contributed by atoms with E-state index in [9.17, 15) is 4.79 Å². The van der Waals surface area contributed by atoms with Crippen molar-refractivity contribution in [3.8, 4) is 0 Å². The Balaban J connectivity index is 1.82. The second kappa shape index (κ2) is 6.15. The summed E-state index contributed by atoms with van der Waals surface area (Å²) in [5, 5.41) is 0. The summed E-state index contributed by atoms with van der Waals surface area (Å²) < 4.78 is 27.9. The standard InChI is InChI=1S/C14H17BO6/c1-9(16)19-12-11-8-18-14(17-2)13(12)21-15(20-11)10-6-4-3-5-7-10/h3-7,11-14H,8H2,1-2H3/t11-,12-,13-,14+/m1/s1. The third kappa shape index (κ3) is 2.96. The Bertz CT molecular complexity index is 495. The van der Waals surface area contributed by atoms with Crippen LogP contribution in [0.25, 0.3) is 0 Å². The minimum atomic E-state index is -0.583. The van der Waals surface area contributed by atoms with Gasteiger partial charge in [0.2, 0.25) is 0 Å². The zero-order chi connectivity index (χ0) is 14.8. The van der Waals surface area contributed by atoms with Gasteiger partial charge in [0.15, 0.2) is 12.4 Å². The van der Waals surface area contributed by atoms with Crippen LogP contribution < -0.4 is 5.46 Å². The van der Waals surface area contributed by atoms with Crippen LogP contribution in [0.4, 0.5) is 0 Å². The number of hydrogen-bond donors (Lipinski definition) is 0. The van der Waals surface area contributed by atoms with Crippen molar-refractivity contribution < 1.29 is 28.3 Å². The Labute approximate surface area is 123 Å². The predicted molar refractivity (Wildman–Crippen MR) is 73.9 cm³/mol. The molecular weight excluding hydrogens is 275 g/mol. The molecule has 0 unspecified atom stereocenters. The first-order valence-corrected chi connectivity index (χ1v) is 6.86. The molecule has 2 aliphatic heterocycles. The van der Waals surface area contributed by atoms with Crippen LogP contribution in [0.2, 0.25) is 0 Å². The Morgan fingerprint density at radius 2 is 2.05 bits per heavy atom. The van der Waals surface area contributed by atoms with Crippen LogP contribution in [0, 0.1) is 0 Å². The van der Waals surface area contributed by atoms with Crippen molar-refractivity contribution in [3.63, 3.8) is 0 Å². The molecule has 1 aromatic carbocycles. The summed E-state index contributed by atoms with van der Waals surface area (Å²) in [7, 11) is 1.01. The maximum absolute atomic E-state index is 11.3. The van der Waals surface area contributed by atoms with E-state index in [2.05, 4.69) is 0 Å². The molecule has 0 saturated carbocycles. The molecule has 2 heterocycles. The number of rotatable bonds is 3. The second-order valence-electron chi connectivity index (χ2n) is 5.03. The van der Waals surface area contributed by atoms with E-state index < -0.39 is 25.6 Å². The fraction of sp³-hybridized carbons (Fsp3) is 0.500. The topological polar surface area (TPSA) is 63.2 Å². The van der Waals surface area contributed by atoms with Crippen LogP contribution in [0.15, 0.2) is 30.3 Å². The third-order valence-electron chi connectivity index (χ3n) is 3.57. The molecular formula is C14H17BO6. The molecule has 0 aliphatic carbocycles. The summed E-state index contributed by atoms with van der Waals surface area (Å²) in [5.74, 6) is -0.378. The highest BCUT2D eigenvalue weighted by molar-refractivity contribution is 6.61. The van der Waals surface area contributed by atoms with Crippen LogP contribution >= 0.6 is 0 Å². The molecule has 2 fully saturated rings. The first-order valence-electron chi connectivity index (χ1n) is 6.86.